The lowest BCUT2D eigenvalue weighted by atomic mass is 9.83. The van der Waals surface area contributed by atoms with Crippen molar-refractivity contribution in [3.63, 3.8) is 0 Å². The third kappa shape index (κ3) is 3.39. The molecule has 7 heteroatoms. The summed E-state index contributed by atoms with van der Waals surface area (Å²) in [4.78, 5) is 24.8. The van der Waals surface area contributed by atoms with Crippen molar-refractivity contribution in [3.8, 4) is 5.88 Å². The summed E-state index contributed by atoms with van der Waals surface area (Å²) in [5.41, 5.74) is 0. The molecule has 7 nitrogen and oxygen atoms in total. The molecule has 2 fully saturated rings. The van der Waals surface area contributed by atoms with Gasteiger partial charge in [-0.2, -0.15) is 0 Å². The van der Waals surface area contributed by atoms with Crippen LogP contribution in [0.4, 0.5) is 5.82 Å². The normalized spacial score (nSPS) is 24.5. The zero-order chi connectivity index (χ0) is 16.2. The fraction of sp³-hybridized carbons (Fsp3) is 0.688. The number of rotatable bonds is 5. The summed E-state index contributed by atoms with van der Waals surface area (Å²) in [7, 11) is 1.60. The summed E-state index contributed by atoms with van der Waals surface area (Å²) >= 11 is 0. The number of amides is 1. The highest BCUT2D eigenvalue weighted by atomic mass is 16.5. The van der Waals surface area contributed by atoms with E-state index in [9.17, 15) is 4.79 Å². The lowest BCUT2D eigenvalue weighted by Crippen LogP contribution is -2.56. The van der Waals surface area contributed by atoms with Crippen LogP contribution in [0.2, 0.25) is 0 Å². The second-order valence-corrected chi connectivity index (χ2v) is 6.18. The van der Waals surface area contributed by atoms with E-state index >= 15 is 0 Å². The molecule has 2 saturated heterocycles. The Bertz CT molecular complexity index is 554. The molecule has 1 amide bonds. The molecular weight excluding hydrogens is 296 g/mol. The number of aromatic nitrogens is 2. The molecule has 3 heterocycles. The average Bonchev–Trinajstić information content (AvgIpc) is 2.60. The van der Waals surface area contributed by atoms with Gasteiger partial charge in [0.1, 0.15) is 12.1 Å². The van der Waals surface area contributed by atoms with Crippen molar-refractivity contribution in [3.05, 3.63) is 12.4 Å². The van der Waals surface area contributed by atoms with Crippen LogP contribution in [0.25, 0.3) is 0 Å². The number of hydrogen-bond acceptors (Lipinski definition) is 6. The summed E-state index contributed by atoms with van der Waals surface area (Å²) in [6, 6.07) is 2.15. The second kappa shape index (κ2) is 7.12. The molecule has 0 radical (unpaired) electrons. The fourth-order valence-electron chi connectivity index (χ4n) is 3.71. The largest absolute Gasteiger partial charge is 0.481 e. The van der Waals surface area contributed by atoms with Gasteiger partial charge in [-0.15, -0.1) is 0 Å². The van der Waals surface area contributed by atoms with Crippen LogP contribution in [0.15, 0.2) is 12.4 Å². The number of likely N-dealkylation sites (tertiary alicyclic amines) is 1. The number of carbonyl (C=O) groups is 1. The van der Waals surface area contributed by atoms with Gasteiger partial charge in [0.2, 0.25) is 11.8 Å². The van der Waals surface area contributed by atoms with E-state index in [1.807, 2.05) is 11.0 Å². The minimum absolute atomic E-state index is 0.133. The van der Waals surface area contributed by atoms with Crippen molar-refractivity contribution >= 4 is 11.7 Å². The van der Waals surface area contributed by atoms with E-state index in [-0.39, 0.29) is 12.5 Å². The number of fused-ring (bicyclic) bond motifs is 1. The molecule has 0 saturated carbocycles. The second-order valence-electron chi connectivity index (χ2n) is 6.18. The van der Waals surface area contributed by atoms with Crippen LogP contribution in [0, 0.1) is 5.92 Å². The van der Waals surface area contributed by atoms with Crippen molar-refractivity contribution in [2.45, 2.75) is 31.7 Å². The third-order valence-corrected chi connectivity index (χ3v) is 4.86. The Morgan fingerprint density at radius 3 is 3.04 bits per heavy atom. The zero-order valence-corrected chi connectivity index (χ0v) is 13.5. The van der Waals surface area contributed by atoms with E-state index in [2.05, 4.69) is 14.9 Å². The van der Waals surface area contributed by atoms with Gasteiger partial charge in [-0.25, -0.2) is 9.97 Å². The lowest BCUT2D eigenvalue weighted by Gasteiger charge is -2.47. The number of aliphatic hydroxyl groups excluding tert-OH is 1. The number of ether oxygens (including phenoxy) is 1. The fourth-order valence-corrected chi connectivity index (χ4v) is 3.71. The summed E-state index contributed by atoms with van der Waals surface area (Å²) in [5, 5.41) is 9.05. The Morgan fingerprint density at radius 1 is 1.39 bits per heavy atom. The van der Waals surface area contributed by atoms with Gasteiger partial charge < -0.3 is 19.6 Å². The Labute approximate surface area is 136 Å². The van der Waals surface area contributed by atoms with Crippen molar-refractivity contribution in [1.82, 2.24) is 14.9 Å². The molecule has 1 N–H and O–H groups in total. The van der Waals surface area contributed by atoms with Crippen LogP contribution in [-0.4, -0.2) is 65.3 Å². The van der Waals surface area contributed by atoms with Crippen LogP contribution in [0.1, 0.15) is 25.7 Å². The number of anilines is 1. The van der Waals surface area contributed by atoms with Gasteiger partial charge >= 0.3 is 0 Å². The smallest absolute Gasteiger partial charge is 0.222 e. The maximum Gasteiger partial charge on any atom is 0.222 e. The third-order valence-electron chi connectivity index (χ3n) is 4.86. The standard InChI is InChI=1S/C16H24N4O3/c1-23-15-9-14(17-11-18-15)19-7-5-13-12(10-19)3-4-16(22)20(13)6-2-8-21/h9,11-13,21H,2-8,10H2,1H3/t12-,13+/m1/s1. The van der Waals surface area contributed by atoms with Gasteiger partial charge in [0, 0.05) is 44.8 Å². The number of hydrogen-bond donors (Lipinski definition) is 1. The maximum atomic E-state index is 12.2. The molecular formula is C16H24N4O3. The molecule has 126 valence electrons. The number of piperidine rings is 2. The zero-order valence-electron chi connectivity index (χ0n) is 13.5. The van der Waals surface area contributed by atoms with E-state index in [1.54, 1.807) is 7.11 Å². The van der Waals surface area contributed by atoms with E-state index in [0.29, 0.717) is 37.2 Å². The highest BCUT2D eigenvalue weighted by Gasteiger charge is 2.39. The minimum atomic E-state index is 0.133. The summed E-state index contributed by atoms with van der Waals surface area (Å²) < 4.78 is 5.17. The molecule has 0 spiro atoms. The molecule has 23 heavy (non-hydrogen) atoms. The number of aliphatic hydroxyl groups is 1. The van der Waals surface area contributed by atoms with E-state index < -0.39 is 0 Å². The summed E-state index contributed by atoms with van der Waals surface area (Å²) in [6.07, 6.45) is 4.65. The van der Waals surface area contributed by atoms with Crippen LogP contribution < -0.4 is 9.64 Å². The van der Waals surface area contributed by atoms with Crippen LogP contribution >= 0.6 is 0 Å². The first-order valence-corrected chi connectivity index (χ1v) is 8.24. The predicted molar refractivity (Wildman–Crippen MR) is 85.3 cm³/mol. The van der Waals surface area contributed by atoms with Gasteiger partial charge in [-0.1, -0.05) is 0 Å². The highest BCUT2D eigenvalue weighted by molar-refractivity contribution is 5.77. The monoisotopic (exact) mass is 320 g/mol. The minimum Gasteiger partial charge on any atom is -0.481 e. The van der Waals surface area contributed by atoms with E-state index in [1.165, 1.54) is 6.33 Å². The quantitative estimate of drug-likeness (QED) is 0.860. The first kappa shape index (κ1) is 16.0. The van der Waals surface area contributed by atoms with Crippen molar-refractivity contribution in [2.75, 3.05) is 38.3 Å². The molecule has 2 atom stereocenters. The predicted octanol–water partition coefficient (Wildman–Crippen LogP) is 0.685. The molecule has 0 aliphatic carbocycles. The number of methoxy groups -OCH3 is 1. The molecule has 1 aromatic rings. The first-order chi connectivity index (χ1) is 11.2. The molecule has 0 bridgehead atoms. The van der Waals surface area contributed by atoms with Gasteiger partial charge in [0.25, 0.3) is 0 Å². The Kier molecular flexibility index (Phi) is 4.95. The summed E-state index contributed by atoms with van der Waals surface area (Å²) in [6.45, 7) is 2.56. The van der Waals surface area contributed by atoms with Gasteiger partial charge in [-0.05, 0) is 25.2 Å². The van der Waals surface area contributed by atoms with Crippen LogP contribution in [0.3, 0.4) is 0 Å². The average molecular weight is 320 g/mol. The van der Waals surface area contributed by atoms with Gasteiger partial charge in [-0.3, -0.25) is 4.79 Å². The van der Waals surface area contributed by atoms with Crippen molar-refractivity contribution < 1.29 is 14.6 Å². The molecule has 0 aromatic carbocycles. The summed E-state index contributed by atoms with van der Waals surface area (Å²) in [5.74, 6) is 2.15. The van der Waals surface area contributed by atoms with Gasteiger partial charge in [0.05, 0.1) is 7.11 Å². The molecule has 2 aliphatic rings. The van der Waals surface area contributed by atoms with Crippen LogP contribution in [-0.2, 0) is 4.79 Å². The molecule has 0 unspecified atom stereocenters. The molecule has 1 aromatic heterocycles. The number of nitrogens with zero attached hydrogens (tertiary/aromatic N) is 4. The Morgan fingerprint density at radius 2 is 2.26 bits per heavy atom. The Hall–Kier alpha value is -1.89. The first-order valence-electron chi connectivity index (χ1n) is 8.24. The van der Waals surface area contributed by atoms with E-state index in [0.717, 1.165) is 31.7 Å². The van der Waals surface area contributed by atoms with Gasteiger partial charge in [0.15, 0.2) is 0 Å². The van der Waals surface area contributed by atoms with Crippen LogP contribution in [0.5, 0.6) is 5.88 Å². The maximum absolute atomic E-state index is 12.2. The Balaban J connectivity index is 1.69. The van der Waals surface area contributed by atoms with Crippen molar-refractivity contribution in [1.29, 1.82) is 0 Å². The topological polar surface area (TPSA) is 78.8 Å². The van der Waals surface area contributed by atoms with E-state index in [4.69, 9.17) is 9.84 Å². The van der Waals surface area contributed by atoms with Crippen molar-refractivity contribution in [2.24, 2.45) is 5.92 Å². The number of carbonyl (C=O) groups excluding carboxylic acids is 1. The lowest BCUT2D eigenvalue weighted by molar-refractivity contribution is -0.139. The molecule has 3 rings (SSSR count). The highest BCUT2D eigenvalue weighted by Crippen LogP contribution is 2.33. The SMILES string of the molecule is COc1cc(N2CC[C@H]3[C@H](CCC(=O)N3CCCO)C2)ncn1. The molecule has 2 aliphatic heterocycles.